The van der Waals surface area contributed by atoms with Crippen LogP contribution in [0, 0.1) is 5.92 Å². The number of rotatable bonds is 4. The molecular formula is C23H26N4O2. The van der Waals surface area contributed by atoms with Crippen molar-refractivity contribution >= 4 is 22.8 Å². The van der Waals surface area contributed by atoms with Crippen LogP contribution in [0.5, 0.6) is 0 Å². The first kappa shape index (κ1) is 18.2. The molecule has 1 saturated heterocycles. The molecule has 2 aliphatic heterocycles. The molecular weight excluding hydrogens is 364 g/mol. The second-order valence-electron chi connectivity index (χ2n) is 8.30. The van der Waals surface area contributed by atoms with Crippen molar-refractivity contribution in [1.29, 1.82) is 0 Å². The van der Waals surface area contributed by atoms with Crippen molar-refractivity contribution in [3.63, 3.8) is 0 Å². The smallest absolute Gasteiger partial charge is 0.412 e. The van der Waals surface area contributed by atoms with E-state index in [2.05, 4.69) is 40.2 Å². The lowest BCUT2D eigenvalue weighted by atomic mass is 9.95. The molecule has 0 radical (unpaired) electrons. The zero-order chi connectivity index (χ0) is 20.0. The summed E-state index contributed by atoms with van der Waals surface area (Å²) in [5.74, 6) is 1.68. The van der Waals surface area contributed by atoms with Gasteiger partial charge in [-0.3, -0.25) is 4.90 Å². The maximum atomic E-state index is 11.9. The van der Waals surface area contributed by atoms with Crippen molar-refractivity contribution in [3.05, 3.63) is 59.4 Å². The van der Waals surface area contributed by atoms with E-state index in [0.717, 1.165) is 67.0 Å². The number of anilines is 1. The highest BCUT2D eigenvalue weighted by molar-refractivity contribution is 5.94. The first-order chi connectivity index (χ1) is 14.1. The Morgan fingerprint density at radius 2 is 2.00 bits per heavy atom. The van der Waals surface area contributed by atoms with Crippen LogP contribution in [0.2, 0.25) is 0 Å². The third-order valence-corrected chi connectivity index (χ3v) is 6.31. The molecule has 2 aromatic carbocycles. The number of nitrogens with one attached hydrogen (secondary N) is 1. The van der Waals surface area contributed by atoms with Gasteiger partial charge in [0.25, 0.3) is 0 Å². The molecule has 1 atom stereocenters. The Balaban J connectivity index is 1.63. The van der Waals surface area contributed by atoms with Gasteiger partial charge in [-0.1, -0.05) is 30.3 Å². The number of aryl methyl sites for hydroxylation is 1. The van der Waals surface area contributed by atoms with Crippen molar-refractivity contribution in [2.75, 3.05) is 18.0 Å². The first-order valence-corrected chi connectivity index (χ1v) is 10.4. The lowest BCUT2D eigenvalue weighted by Gasteiger charge is -2.33. The van der Waals surface area contributed by atoms with Gasteiger partial charge < -0.3 is 15.0 Å². The largest absolute Gasteiger partial charge is 0.465 e. The molecule has 1 amide bonds. The standard InChI is InChI=1S/C23H26N4O2/c1-15-7-8-18-19(27(15)23(28)29)9-10-20-22(18)25-21(11-16-5-3-2-4-6-16)26(20)14-17-12-24-13-17/h2-6,9-10,15,17,24H,7-8,11-14H2,1H3,(H,28,29)/t15-/m0/s1. The molecule has 2 N–H and O–H groups in total. The molecule has 150 valence electrons. The van der Waals surface area contributed by atoms with E-state index in [1.54, 1.807) is 0 Å². The van der Waals surface area contributed by atoms with Crippen LogP contribution in [0.4, 0.5) is 10.5 Å². The average molecular weight is 390 g/mol. The van der Waals surface area contributed by atoms with Crippen molar-refractivity contribution in [1.82, 2.24) is 14.9 Å². The van der Waals surface area contributed by atoms with Gasteiger partial charge >= 0.3 is 6.09 Å². The molecule has 0 saturated carbocycles. The second-order valence-corrected chi connectivity index (χ2v) is 8.30. The summed E-state index contributed by atoms with van der Waals surface area (Å²) in [7, 11) is 0. The van der Waals surface area contributed by atoms with Crippen LogP contribution in [-0.4, -0.2) is 39.9 Å². The molecule has 0 bridgehead atoms. The molecule has 5 rings (SSSR count). The number of aromatic nitrogens is 2. The quantitative estimate of drug-likeness (QED) is 0.713. The van der Waals surface area contributed by atoms with Gasteiger partial charge in [-0.2, -0.15) is 0 Å². The molecule has 1 fully saturated rings. The predicted molar refractivity (Wildman–Crippen MR) is 114 cm³/mol. The van der Waals surface area contributed by atoms with Gasteiger partial charge in [-0.05, 0) is 37.5 Å². The molecule has 29 heavy (non-hydrogen) atoms. The Labute approximate surface area is 170 Å². The van der Waals surface area contributed by atoms with Crippen molar-refractivity contribution in [2.45, 2.75) is 38.8 Å². The lowest BCUT2D eigenvalue weighted by Crippen LogP contribution is -2.44. The number of hydrogen-bond acceptors (Lipinski definition) is 3. The van der Waals surface area contributed by atoms with Gasteiger partial charge in [0.05, 0.1) is 16.7 Å². The fraction of sp³-hybridized carbons (Fsp3) is 0.391. The number of nitrogens with zero attached hydrogens (tertiary/aromatic N) is 3. The number of fused-ring (bicyclic) bond motifs is 3. The number of imidazole rings is 1. The monoisotopic (exact) mass is 390 g/mol. The van der Waals surface area contributed by atoms with E-state index in [1.165, 1.54) is 10.5 Å². The summed E-state index contributed by atoms with van der Waals surface area (Å²) in [5, 5.41) is 13.1. The number of amides is 1. The van der Waals surface area contributed by atoms with Gasteiger partial charge in [-0.25, -0.2) is 9.78 Å². The Morgan fingerprint density at radius 3 is 2.69 bits per heavy atom. The van der Waals surface area contributed by atoms with E-state index in [4.69, 9.17) is 4.98 Å². The molecule has 1 aromatic heterocycles. The Kier molecular flexibility index (Phi) is 4.51. The summed E-state index contributed by atoms with van der Waals surface area (Å²) in [4.78, 5) is 18.4. The maximum absolute atomic E-state index is 11.9. The van der Waals surface area contributed by atoms with Crippen LogP contribution in [0.1, 0.15) is 30.3 Å². The van der Waals surface area contributed by atoms with Crippen LogP contribution in [0.3, 0.4) is 0 Å². The van der Waals surface area contributed by atoms with Crippen molar-refractivity contribution < 1.29 is 9.90 Å². The summed E-state index contributed by atoms with van der Waals surface area (Å²) >= 11 is 0. The van der Waals surface area contributed by atoms with Crippen LogP contribution in [-0.2, 0) is 19.4 Å². The van der Waals surface area contributed by atoms with E-state index < -0.39 is 6.09 Å². The van der Waals surface area contributed by atoms with Crippen LogP contribution in [0.25, 0.3) is 11.0 Å². The zero-order valence-electron chi connectivity index (χ0n) is 16.6. The molecule has 0 aliphatic carbocycles. The average Bonchev–Trinajstić information content (AvgIpc) is 3.02. The Bertz CT molecular complexity index is 1060. The lowest BCUT2D eigenvalue weighted by molar-refractivity contribution is 0.198. The van der Waals surface area contributed by atoms with E-state index in [1.807, 2.05) is 19.1 Å². The topological polar surface area (TPSA) is 70.4 Å². The Hall–Kier alpha value is -2.86. The molecule has 0 unspecified atom stereocenters. The summed E-state index contributed by atoms with van der Waals surface area (Å²) < 4.78 is 2.36. The summed E-state index contributed by atoms with van der Waals surface area (Å²) in [6.07, 6.45) is 1.59. The van der Waals surface area contributed by atoms with Crippen LogP contribution in [0.15, 0.2) is 42.5 Å². The predicted octanol–water partition coefficient (Wildman–Crippen LogP) is 3.67. The van der Waals surface area contributed by atoms with E-state index in [9.17, 15) is 9.90 Å². The van der Waals surface area contributed by atoms with Crippen molar-refractivity contribution in [2.24, 2.45) is 5.92 Å². The highest BCUT2D eigenvalue weighted by Crippen LogP contribution is 2.36. The van der Waals surface area contributed by atoms with Gasteiger partial charge in [0, 0.05) is 43.6 Å². The minimum Gasteiger partial charge on any atom is -0.465 e. The van der Waals surface area contributed by atoms with E-state index >= 15 is 0 Å². The summed E-state index contributed by atoms with van der Waals surface area (Å²) in [5.41, 5.74) is 5.21. The number of benzene rings is 2. The molecule has 2 aliphatic rings. The minimum atomic E-state index is -0.887. The first-order valence-electron chi connectivity index (χ1n) is 10.4. The fourth-order valence-corrected chi connectivity index (χ4v) is 4.62. The van der Waals surface area contributed by atoms with Crippen LogP contribution < -0.4 is 10.2 Å². The number of hydrogen-bond donors (Lipinski definition) is 2. The van der Waals surface area contributed by atoms with E-state index in [-0.39, 0.29) is 6.04 Å². The highest BCUT2D eigenvalue weighted by Gasteiger charge is 2.31. The second kappa shape index (κ2) is 7.19. The fourth-order valence-electron chi connectivity index (χ4n) is 4.62. The van der Waals surface area contributed by atoms with Crippen molar-refractivity contribution in [3.8, 4) is 0 Å². The molecule has 3 aromatic rings. The SMILES string of the molecule is C[C@H]1CCc2c(ccc3c2nc(Cc2ccccc2)n3CC2CNC2)N1C(=O)O. The van der Waals surface area contributed by atoms with Crippen LogP contribution >= 0.6 is 0 Å². The minimum absolute atomic E-state index is 0.00984. The van der Waals surface area contributed by atoms with Gasteiger partial charge in [0.1, 0.15) is 5.82 Å². The maximum Gasteiger partial charge on any atom is 0.412 e. The molecule has 6 heteroatoms. The molecule has 0 spiro atoms. The Morgan fingerprint density at radius 1 is 1.21 bits per heavy atom. The van der Waals surface area contributed by atoms with Gasteiger partial charge in [0.2, 0.25) is 0 Å². The molecule has 3 heterocycles. The summed E-state index contributed by atoms with van der Waals surface area (Å²) in [6.45, 7) is 5.01. The van der Waals surface area contributed by atoms with Gasteiger partial charge in [0.15, 0.2) is 0 Å². The van der Waals surface area contributed by atoms with Gasteiger partial charge in [-0.15, -0.1) is 0 Å². The highest BCUT2D eigenvalue weighted by atomic mass is 16.4. The normalized spacial score (nSPS) is 19.2. The molecule has 6 nitrogen and oxygen atoms in total. The summed E-state index contributed by atoms with van der Waals surface area (Å²) in [6, 6.07) is 14.5. The number of carbonyl (C=O) groups is 1. The van der Waals surface area contributed by atoms with E-state index in [0.29, 0.717) is 5.92 Å². The zero-order valence-corrected chi connectivity index (χ0v) is 16.6. The third kappa shape index (κ3) is 3.17. The third-order valence-electron chi connectivity index (χ3n) is 6.31. The number of carboxylic acid groups (broad SMARTS) is 1.